The first kappa shape index (κ1) is 18.9. The molecule has 0 saturated heterocycles. The number of carbonyl (C=O) groups is 1. The zero-order valence-electron chi connectivity index (χ0n) is 14.7. The highest BCUT2D eigenvalue weighted by molar-refractivity contribution is 5.72. The first-order valence-electron chi connectivity index (χ1n) is 8.91. The molecule has 1 aliphatic heterocycles. The molecule has 126 valence electrons. The number of hydrogen-bond donors (Lipinski definition) is 1. The lowest BCUT2D eigenvalue weighted by molar-refractivity contribution is -0.934. The van der Waals surface area contributed by atoms with E-state index in [1.54, 1.807) is 6.92 Å². The first-order valence-corrected chi connectivity index (χ1v) is 8.91. The number of nitrogens with zero attached hydrogens (tertiary/aromatic N) is 2. The van der Waals surface area contributed by atoms with Gasteiger partial charge in [-0.2, -0.15) is 0 Å². The maximum atomic E-state index is 11.1. The third kappa shape index (κ3) is 6.30. The molecule has 0 saturated carbocycles. The number of unbranched alkanes of at least 4 members (excludes halogenated alkanes) is 4. The number of quaternary nitrogens is 1. The number of allylic oxidation sites excluding steroid dienone is 1. The molecule has 1 amide bonds. The molecule has 0 aromatic rings. The number of nitrogens with one attached hydrogen (secondary N) is 1. The van der Waals surface area contributed by atoms with Crippen molar-refractivity contribution in [3.8, 4) is 0 Å². The van der Waals surface area contributed by atoms with Crippen molar-refractivity contribution in [3.05, 3.63) is 12.2 Å². The zero-order valence-corrected chi connectivity index (χ0v) is 14.7. The predicted octanol–water partition coefficient (Wildman–Crippen LogP) is 3.29. The van der Waals surface area contributed by atoms with Crippen LogP contribution in [0.4, 0.5) is 0 Å². The Bertz CT molecular complexity index is 379. The van der Waals surface area contributed by atoms with Crippen LogP contribution in [0.1, 0.15) is 59.3 Å². The smallest absolute Gasteiger partial charge is 0.217 e. The summed E-state index contributed by atoms with van der Waals surface area (Å²) in [5, 5.41) is 2.92. The van der Waals surface area contributed by atoms with Crippen LogP contribution in [0.15, 0.2) is 17.1 Å². The molecule has 0 fully saturated rings. The van der Waals surface area contributed by atoms with Crippen molar-refractivity contribution < 1.29 is 9.28 Å². The topological polar surface area (TPSA) is 41.5 Å². The highest BCUT2D eigenvalue weighted by atomic mass is 16.1. The summed E-state index contributed by atoms with van der Waals surface area (Å²) in [6, 6.07) is 0. The van der Waals surface area contributed by atoms with E-state index in [0.29, 0.717) is 6.17 Å². The van der Waals surface area contributed by atoms with E-state index in [2.05, 4.69) is 42.5 Å². The van der Waals surface area contributed by atoms with E-state index in [1.807, 2.05) is 0 Å². The lowest BCUT2D eigenvalue weighted by Gasteiger charge is -2.37. The van der Waals surface area contributed by atoms with Crippen molar-refractivity contribution in [2.45, 2.75) is 65.5 Å². The van der Waals surface area contributed by atoms with Crippen LogP contribution in [-0.2, 0) is 4.79 Å². The van der Waals surface area contributed by atoms with E-state index in [4.69, 9.17) is 0 Å². The van der Waals surface area contributed by atoms with Crippen LogP contribution in [0.3, 0.4) is 0 Å². The zero-order chi connectivity index (χ0) is 16.3. The van der Waals surface area contributed by atoms with Crippen molar-refractivity contribution in [2.75, 3.05) is 26.2 Å². The molecule has 1 aliphatic rings. The fourth-order valence-corrected chi connectivity index (χ4v) is 3.10. The number of likely N-dealkylation sites (N-methyl/N-ethyl adjacent to an activating group) is 1. The van der Waals surface area contributed by atoms with Gasteiger partial charge < -0.3 is 5.32 Å². The van der Waals surface area contributed by atoms with Gasteiger partial charge in [-0.25, -0.2) is 4.99 Å². The Morgan fingerprint density at radius 2 is 2.14 bits per heavy atom. The van der Waals surface area contributed by atoms with E-state index in [0.717, 1.165) is 37.1 Å². The van der Waals surface area contributed by atoms with Crippen LogP contribution >= 0.6 is 0 Å². The molecule has 1 rings (SSSR count). The van der Waals surface area contributed by atoms with Gasteiger partial charge in [-0.15, -0.1) is 0 Å². The molecule has 4 nitrogen and oxygen atoms in total. The summed E-state index contributed by atoms with van der Waals surface area (Å²) in [4.78, 5) is 15.7. The molecule has 4 heteroatoms. The first-order chi connectivity index (χ1) is 10.6. The van der Waals surface area contributed by atoms with Crippen molar-refractivity contribution in [1.29, 1.82) is 0 Å². The largest absolute Gasteiger partial charge is 0.351 e. The number of aliphatic imine (C=N–C) groups is 1. The third-order valence-corrected chi connectivity index (χ3v) is 4.65. The van der Waals surface area contributed by atoms with Crippen molar-refractivity contribution >= 4 is 12.1 Å². The number of carbonyl (C=O) groups excluding carboxylic acids is 1. The summed E-state index contributed by atoms with van der Waals surface area (Å²) in [5.41, 5.74) is 0. The number of rotatable bonds is 11. The molecular weight excluding hydrogens is 274 g/mol. The summed E-state index contributed by atoms with van der Waals surface area (Å²) in [6.07, 6.45) is 14.5. The summed E-state index contributed by atoms with van der Waals surface area (Å²) in [5.74, 6) is 0.0536. The molecule has 0 aromatic heterocycles. The van der Waals surface area contributed by atoms with Crippen LogP contribution in [0.25, 0.3) is 0 Å². The van der Waals surface area contributed by atoms with Crippen LogP contribution in [0.2, 0.25) is 0 Å². The lowest BCUT2D eigenvalue weighted by atomic mass is 10.1. The average Bonchev–Trinajstić information content (AvgIpc) is 2.89. The molecule has 0 spiro atoms. The molecule has 2 atom stereocenters. The van der Waals surface area contributed by atoms with E-state index in [-0.39, 0.29) is 5.91 Å². The fourth-order valence-electron chi connectivity index (χ4n) is 3.10. The Labute approximate surface area is 136 Å². The van der Waals surface area contributed by atoms with Crippen LogP contribution in [-0.4, -0.2) is 48.9 Å². The normalized spacial score (nSPS) is 24.2. The van der Waals surface area contributed by atoms with Gasteiger partial charge in [-0.1, -0.05) is 38.3 Å². The van der Waals surface area contributed by atoms with Gasteiger partial charge in [0.2, 0.25) is 5.91 Å². The second kappa shape index (κ2) is 10.5. The highest BCUT2D eigenvalue weighted by Gasteiger charge is 2.36. The lowest BCUT2D eigenvalue weighted by Crippen LogP contribution is -2.55. The van der Waals surface area contributed by atoms with Crippen molar-refractivity contribution in [3.63, 3.8) is 0 Å². The fraction of sp³-hybridized carbons (Fsp3) is 0.778. The van der Waals surface area contributed by atoms with Crippen LogP contribution < -0.4 is 5.32 Å². The Hall–Kier alpha value is -1.16. The van der Waals surface area contributed by atoms with Gasteiger partial charge in [0.1, 0.15) is 6.54 Å². The average molecular weight is 308 g/mol. The van der Waals surface area contributed by atoms with Crippen LogP contribution in [0.5, 0.6) is 0 Å². The quantitative estimate of drug-likeness (QED) is 0.355. The van der Waals surface area contributed by atoms with Crippen molar-refractivity contribution in [2.24, 2.45) is 4.99 Å². The molecule has 2 unspecified atom stereocenters. The molecule has 0 bridgehead atoms. The van der Waals surface area contributed by atoms with E-state index >= 15 is 0 Å². The minimum atomic E-state index is 0.0536. The van der Waals surface area contributed by atoms with Gasteiger partial charge in [-0.3, -0.25) is 9.28 Å². The molecule has 1 heterocycles. The highest BCUT2D eigenvalue weighted by Crippen LogP contribution is 2.22. The minimum Gasteiger partial charge on any atom is -0.351 e. The third-order valence-electron chi connectivity index (χ3n) is 4.65. The van der Waals surface area contributed by atoms with Gasteiger partial charge >= 0.3 is 0 Å². The van der Waals surface area contributed by atoms with Gasteiger partial charge in [0.15, 0.2) is 6.17 Å². The summed E-state index contributed by atoms with van der Waals surface area (Å²) in [6.45, 7) is 9.81. The molecule has 1 N–H and O–H groups in total. The molecule has 0 radical (unpaired) electrons. The standard InChI is InChI=1S/C18H33N3O/c1-4-6-7-8-9-10-11-12-18-20-14-16-21(18,5-2)15-13-19-17(3)22/h10-11,14,18H,4-9,12-13,15-16H2,1-3H3/p+1/b11-10+. The Morgan fingerprint density at radius 1 is 1.32 bits per heavy atom. The van der Waals surface area contributed by atoms with Crippen molar-refractivity contribution in [1.82, 2.24) is 5.32 Å². The van der Waals surface area contributed by atoms with E-state index in [9.17, 15) is 4.79 Å². The summed E-state index contributed by atoms with van der Waals surface area (Å²) < 4.78 is 0.973. The Balaban J connectivity index is 2.37. The number of amides is 1. The predicted molar refractivity (Wildman–Crippen MR) is 94.0 cm³/mol. The van der Waals surface area contributed by atoms with Crippen LogP contribution in [0, 0.1) is 0 Å². The molecule has 0 aromatic carbocycles. The maximum absolute atomic E-state index is 11.1. The van der Waals surface area contributed by atoms with Gasteiger partial charge in [0.25, 0.3) is 0 Å². The molecular formula is C18H34N3O+. The SMILES string of the molecule is CCCCCC/C=C/CC1N=CC[N+]1(CC)CCNC(C)=O. The Morgan fingerprint density at radius 3 is 2.82 bits per heavy atom. The van der Waals surface area contributed by atoms with Gasteiger partial charge in [0, 0.05) is 13.3 Å². The number of hydrogen-bond acceptors (Lipinski definition) is 2. The maximum Gasteiger partial charge on any atom is 0.217 e. The second-order valence-corrected chi connectivity index (χ2v) is 6.29. The van der Waals surface area contributed by atoms with Gasteiger partial charge in [-0.05, 0) is 19.8 Å². The minimum absolute atomic E-state index is 0.0536. The van der Waals surface area contributed by atoms with E-state index < -0.39 is 0 Å². The van der Waals surface area contributed by atoms with E-state index in [1.165, 1.54) is 32.1 Å². The molecule has 22 heavy (non-hydrogen) atoms. The second-order valence-electron chi connectivity index (χ2n) is 6.29. The summed E-state index contributed by atoms with van der Waals surface area (Å²) in [7, 11) is 0. The summed E-state index contributed by atoms with van der Waals surface area (Å²) >= 11 is 0. The Kier molecular flexibility index (Phi) is 9.05. The molecule has 0 aliphatic carbocycles. The van der Waals surface area contributed by atoms with Gasteiger partial charge in [0.05, 0.1) is 25.8 Å². The monoisotopic (exact) mass is 308 g/mol.